The lowest BCUT2D eigenvalue weighted by molar-refractivity contribution is -0.166. The molecule has 0 bridgehead atoms. The van der Waals surface area contributed by atoms with E-state index < -0.39 is 11.5 Å². The molecule has 1 aliphatic rings. The summed E-state index contributed by atoms with van der Waals surface area (Å²) in [5, 5.41) is 9.87. The fourth-order valence-corrected chi connectivity index (χ4v) is 2.43. The minimum atomic E-state index is -0.509. The number of alkyl halides is 1. The van der Waals surface area contributed by atoms with Crippen LogP contribution < -0.4 is 0 Å². The number of carbonyl (C=O) groups excluding carboxylic acids is 1. The molecule has 3 nitrogen and oxygen atoms in total. The van der Waals surface area contributed by atoms with Gasteiger partial charge in [-0.1, -0.05) is 22.6 Å². The summed E-state index contributed by atoms with van der Waals surface area (Å²) < 4.78 is 5.55. The lowest BCUT2D eigenvalue weighted by Crippen LogP contribution is -2.42. The van der Waals surface area contributed by atoms with Crippen molar-refractivity contribution in [3.63, 3.8) is 0 Å². The molecule has 15 heavy (non-hydrogen) atoms. The van der Waals surface area contributed by atoms with Crippen LogP contribution in [0.3, 0.4) is 0 Å². The third-order valence-corrected chi connectivity index (χ3v) is 3.95. The number of halogens is 1. The molecule has 0 spiro atoms. The largest absolute Gasteiger partial charge is 0.459 e. The van der Waals surface area contributed by atoms with Crippen molar-refractivity contribution in [2.24, 2.45) is 5.41 Å². The highest BCUT2D eigenvalue weighted by Crippen LogP contribution is 2.29. The maximum Gasteiger partial charge on any atom is 0.311 e. The molecule has 1 saturated carbocycles. The Balaban J connectivity index is 2.54. The lowest BCUT2D eigenvalue weighted by atomic mass is 9.93. The summed E-state index contributed by atoms with van der Waals surface area (Å²) in [6.45, 7) is 5.48. The molecule has 1 aliphatic carbocycles. The van der Waals surface area contributed by atoms with E-state index in [2.05, 4.69) is 22.6 Å². The van der Waals surface area contributed by atoms with Crippen LogP contribution in [0.4, 0.5) is 0 Å². The Morgan fingerprint density at radius 2 is 2.00 bits per heavy atom. The Hall–Kier alpha value is 0.160. The quantitative estimate of drug-likeness (QED) is 0.457. The molecule has 0 aromatic rings. The van der Waals surface area contributed by atoms with Crippen molar-refractivity contribution in [2.45, 2.75) is 56.2 Å². The number of ether oxygens (including phenoxy) is 1. The number of esters is 1. The average Bonchev–Trinajstić information content (AvgIpc) is 2.11. The SMILES string of the molecule is CC(C)(C)C(=O)O[C@@H]1CCC[C@@H](I)[C@@H]1O. The minimum Gasteiger partial charge on any atom is -0.459 e. The van der Waals surface area contributed by atoms with Gasteiger partial charge in [-0.2, -0.15) is 0 Å². The number of hydrogen-bond donors (Lipinski definition) is 1. The zero-order valence-corrected chi connectivity index (χ0v) is 11.7. The lowest BCUT2D eigenvalue weighted by Gasteiger charge is -2.33. The molecule has 0 aromatic heterocycles. The predicted molar refractivity (Wildman–Crippen MR) is 67.0 cm³/mol. The van der Waals surface area contributed by atoms with Crippen LogP contribution in [0, 0.1) is 5.41 Å². The Kier molecular flexibility index (Phi) is 4.40. The van der Waals surface area contributed by atoms with Gasteiger partial charge in [0.25, 0.3) is 0 Å². The number of hydrogen-bond acceptors (Lipinski definition) is 3. The van der Waals surface area contributed by atoms with Gasteiger partial charge in [-0.05, 0) is 40.0 Å². The molecule has 0 saturated heterocycles. The first-order valence-electron chi connectivity index (χ1n) is 5.35. The maximum atomic E-state index is 11.6. The molecule has 1 fully saturated rings. The highest BCUT2D eigenvalue weighted by atomic mass is 127. The highest BCUT2D eigenvalue weighted by Gasteiger charge is 2.35. The number of aliphatic hydroxyl groups is 1. The van der Waals surface area contributed by atoms with Gasteiger partial charge in [-0.25, -0.2) is 0 Å². The molecule has 3 atom stereocenters. The topological polar surface area (TPSA) is 46.5 Å². The molecule has 0 heterocycles. The first-order valence-corrected chi connectivity index (χ1v) is 6.60. The van der Waals surface area contributed by atoms with E-state index in [0.717, 1.165) is 19.3 Å². The van der Waals surface area contributed by atoms with Crippen molar-refractivity contribution in [3.8, 4) is 0 Å². The van der Waals surface area contributed by atoms with Crippen molar-refractivity contribution < 1.29 is 14.6 Å². The van der Waals surface area contributed by atoms with Crippen LogP contribution in [0.5, 0.6) is 0 Å². The van der Waals surface area contributed by atoms with E-state index in [9.17, 15) is 9.90 Å². The second-order valence-corrected chi connectivity index (χ2v) is 6.73. The molecule has 0 unspecified atom stereocenters. The van der Waals surface area contributed by atoms with E-state index >= 15 is 0 Å². The Bertz CT molecular complexity index is 234. The molecular formula is C11H19IO3. The second kappa shape index (κ2) is 4.99. The van der Waals surface area contributed by atoms with Crippen LogP contribution in [0.2, 0.25) is 0 Å². The van der Waals surface area contributed by atoms with Crippen LogP contribution in [-0.4, -0.2) is 27.2 Å². The van der Waals surface area contributed by atoms with Crippen LogP contribution in [0.1, 0.15) is 40.0 Å². The zero-order chi connectivity index (χ0) is 11.6. The number of rotatable bonds is 1. The monoisotopic (exact) mass is 326 g/mol. The Morgan fingerprint density at radius 1 is 1.40 bits per heavy atom. The van der Waals surface area contributed by atoms with Crippen molar-refractivity contribution in [3.05, 3.63) is 0 Å². The van der Waals surface area contributed by atoms with Gasteiger partial charge in [0.05, 0.1) is 5.41 Å². The third kappa shape index (κ3) is 3.59. The molecule has 0 aliphatic heterocycles. The molecule has 0 aromatic carbocycles. The van der Waals surface area contributed by atoms with Gasteiger partial charge in [-0.15, -0.1) is 0 Å². The highest BCUT2D eigenvalue weighted by molar-refractivity contribution is 14.1. The molecule has 1 rings (SSSR count). The van der Waals surface area contributed by atoms with E-state index in [1.165, 1.54) is 0 Å². The van der Waals surface area contributed by atoms with Gasteiger partial charge < -0.3 is 9.84 Å². The normalized spacial score (nSPS) is 32.5. The van der Waals surface area contributed by atoms with Crippen molar-refractivity contribution >= 4 is 28.6 Å². The molecule has 0 radical (unpaired) electrons. The summed E-state index contributed by atoms with van der Waals surface area (Å²) in [4.78, 5) is 11.6. The van der Waals surface area contributed by atoms with Crippen LogP contribution >= 0.6 is 22.6 Å². The summed E-state index contributed by atoms with van der Waals surface area (Å²) in [7, 11) is 0. The molecule has 1 N–H and O–H groups in total. The minimum absolute atomic E-state index is 0.203. The molecule has 4 heteroatoms. The smallest absolute Gasteiger partial charge is 0.311 e. The van der Waals surface area contributed by atoms with Crippen molar-refractivity contribution in [1.82, 2.24) is 0 Å². The van der Waals surface area contributed by atoms with Gasteiger partial charge >= 0.3 is 5.97 Å². The summed E-state index contributed by atoms with van der Waals surface area (Å²) in [6, 6.07) is 0. The molecule has 0 amide bonds. The summed E-state index contributed by atoms with van der Waals surface area (Å²) >= 11 is 2.22. The maximum absolute atomic E-state index is 11.6. The van der Waals surface area contributed by atoms with Gasteiger partial charge in [0.15, 0.2) is 0 Å². The van der Waals surface area contributed by atoms with E-state index in [-0.39, 0.29) is 16.0 Å². The standard InChI is InChI=1S/C11H19IO3/c1-11(2,3)10(14)15-8-6-4-5-7(12)9(8)13/h7-9,13H,4-6H2,1-3H3/t7-,8-,9+/m1/s1. The number of aliphatic hydroxyl groups excluding tert-OH is 1. The van der Waals surface area contributed by atoms with Gasteiger partial charge in [0, 0.05) is 3.92 Å². The first-order chi connectivity index (χ1) is 6.82. The summed E-state index contributed by atoms with van der Waals surface area (Å²) in [6.07, 6.45) is 1.98. The van der Waals surface area contributed by atoms with Crippen molar-refractivity contribution in [2.75, 3.05) is 0 Å². The summed E-state index contributed by atoms with van der Waals surface area (Å²) in [5.41, 5.74) is -0.488. The Labute approximate surface area is 105 Å². The number of carbonyl (C=O) groups is 1. The molecule has 88 valence electrons. The molecular weight excluding hydrogens is 307 g/mol. The zero-order valence-electron chi connectivity index (χ0n) is 9.50. The van der Waals surface area contributed by atoms with E-state index in [4.69, 9.17) is 4.74 Å². The predicted octanol–water partition coefficient (Wildman–Crippen LogP) is 2.29. The van der Waals surface area contributed by atoms with Crippen molar-refractivity contribution in [1.29, 1.82) is 0 Å². The van der Waals surface area contributed by atoms with E-state index in [1.807, 2.05) is 20.8 Å². The summed E-state index contributed by atoms with van der Waals surface area (Å²) in [5.74, 6) is -0.225. The van der Waals surface area contributed by atoms with Crippen LogP contribution in [0.15, 0.2) is 0 Å². The van der Waals surface area contributed by atoms with Crippen LogP contribution in [0.25, 0.3) is 0 Å². The van der Waals surface area contributed by atoms with E-state index in [0.29, 0.717) is 0 Å². The average molecular weight is 326 g/mol. The van der Waals surface area contributed by atoms with Crippen LogP contribution in [-0.2, 0) is 9.53 Å². The third-order valence-electron chi connectivity index (χ3n) is 2.59. The fourth-order valence-electron chi connectivity index (χ4n) is 1.53. The van der Waals surface area contributed by atoms with Gasteiger partial charge in [-0.3, -0.25) is 4.79 Å². The van der Waals surface area contributed by atoms with E-state index in [1.54, 1.807) is 0 Å². The second-order valence-electron chi connectivity index (χ2n) is 5.13. The Morgan fingerprint density at radius 3 is 2.53 bits per heavy atom. The van der Waals surface area contributed by atoms with Gasteiger partial charge in [0.1, 0.15) is 12.2 Å². The fraction of sp³-hybridized carbons (Fsp3) is 0.909. The van der Waals surface area contributed by atoms with Gasteiger partial charge in [0.2, 0.25) is 0 Å². The first kappa shape index (κ1) is 13.2.